The van der Waals surface area contributed by atoms with Crippen LogP contribution in [-0.4, -0.2) is 75.1 Å². The summed E-state index contributed by atoms with van der Waals surface area (Å²) in [5.41, 5.74) is 9.04. The number of hydrogen-bond acceptors (Lipinski definition) is 10. The molecule has 40 heavy (non-hydrogen) atoms. The van der Waals surface area contributed by atoms with Gasteiger partial charge in [0.2, 0.25) is 0 Å². The van der Waals surface area contributed by atoms with Crippen molar-refractivity contribution in [1.29, 1.82) is 0 Å². The molecule has 0 saturated carbocycles. The number of carbonyl (C=O) groups is 1. The van der Waals surface area contributed by atoms with Gasteiger partial charge in [-0.3, -0.25) is 9.47 Å². The van der Waals surface area contributed by atoms with Gasteiger partial charge in [-0.2, -0.15) is 0 Å². The standard InChI is InChI=1S/C29H37N7O4/c1-3-20-8-10-21(11-9-20)16-35(17-22-7-5-6-12-31-22)13-14-38-29(37)40-24-15-25(39-23(24)4-2)36-19-34-26-27(30)32-18-33-28(26)36/h1,8-11,18-19,22-25,31H,4-7,12-17H2,2H3,(H2,30,32,33)/t22?,23-,24?,25-/m1/s1. The van der Waals surface area contributed by atoms with Crippen molar-refractivity contribution in [2.45, 2.75) is 70.1 Å². The number of terminal acetylenes is 1. The molecule has 0 amide bonds. The Morgan fingerprint density at radius 2 is 2.12 bits per heavy atom. The number of nitrogens with one attached hydrogen (secondary N) is 1. The normalized spacial score (nSPS) is 22.8. The molecule has 0 bridgehead atoms. The van der Waals surface area contributed by atoms with E-state index in [1.165, 1.54) is 19.2 Å². The highest BCUT2D eigenvalue weighted by Crippen LogP contribution is 2.34. The number of nitrogens with zero attached hydrogens (tertiary/aromatic N) is 5. The minimum Gasteiger partial charge on any atom is -0.433 e. The molecule has 0 aliphatic carbocycles. The van der Waals surface area contributed by atoms with E-state index in [0.717, 1.165) is 37.2 Å². The molecule has 4 atom stereocenters. The van der Waals surface area contributed by atoms with Crippen LogP contribution < -0.4 is 11.1 Å². The molecule has 5 rings (SSSR count). The van der Waals surface area contributed by atoms with Gasteiger partial charge < -0.3 is 25.3 Å². The lowest BCUT2D eigenvalue weighted by atomic mass is 10.0. The summed E-state index contributed by atoms with van der Waals surface area (Å²) in [6.07, 6.45) is 11.4. The van der Waals surface area contributed by atoms with Crippen LogP contribution in [0.2, 0.25) is 0 Å². The van der Waals surface area contributed by atoms with Gasteiger partial charge in [-0.05, 0) is 43.5 Å². The van der Waals surface area contributed by atoms with Crippen molar-refractivity contribution in [3.63, 3.8) is 0 Å². The first kappa shape index (κ1) is 27.8. The lowest BCUT2D eigenvalue weighted by Gasteiger charge is -2.30. The van der Waals surface area contributed by atoms with Crippen molar-refractivity contribution in [1.82, 2.24) is 29.7 Å². The van der Waals surface area contributed by atoms with E-state index in [1.54, 1.807) is 10.9 Å². The van der Waals surface area contributed by atoms with Crippen LogP contribution in [0.25, 0.3) is 11.2 Å². The van der Waals surface area contributed by atoms with E-state index in [-0.39, 0.29) is 18.9 Å². The second kappa shape index (κ2) is 13.1. The molecular weight excluding hydrogens is 510 g/mol. The molecule has 11 nitrogen and oxygen atoms in total. The molecular formula is C29H37N7O4. The summed E-state index contributed by atoms with van der Waals surface area (Å²) in [7, 11) is 0. The molecule has 3 N–H and O–H groups in total. The van der Waals surface area contributed by atoms with Gasteiger partial charge in [-0.1, -0.05) is 31.4 Å². The zero-order chi connectivity index (χ0) is 27.9. The third-order valence-corrected chi connectivity index (χ3v) is 7.57. The number of carbonyl (C=O) groups excluding carboxylic acids is 1. The predicted molar refractivity (Wildman–Crippen MR) is 150 cm³/mol. The largest absolute Gasteiger partial charge is 0.508 e. The number of fused-ring (bicyclic) bond motifs is 1. The quantitative estimate of drug-likeness (QED) is 0.288. The van der Waals surface area contributed by atoms with Gasteiger partial charge in [-0.15, -0.1) is 6.42 Å². The first-order valence-corrected chi connectivity index (χ1v) is 14.0. The maximum absolute atomic E-state index is 12.7. The number of nitrogens with two attached hydrogens (primary N) is 1. The Morgan fingerprint density at radius 3 is 2.88 bits per heavy atom. The summed E-state index contributed by atoms with van der Waals surface area (Å²) in [6, 6.07) is 8.43. The van der Waals surface area contributed by atoms with Crippen molar-refractivity contribution in [2.75, 3.05) is 32.0 Å². The molecule has 2 aliphatic heterocycles. The fourth-order valence-corrected chi connectivity index (χ4v) is 5.45. The fraction of sp³-hybridized carbons (Fsp3) is 0.517. The highest BCUT2D eigenvalue weighted by Gasteiger charge is 2.39. The van der Waals surface area contributed by atoms with E-state index in [0.29, 0.717) is 42.4 Å². The number of anilines is 1. The van der Waals surface area contributed by atoms with Crippen LogP contribution in [0.3, 0.4) is 0 Å². The summed E-state index contributed by atoms with van der Waals surface area (Å²) < 4.78 is 19.3. The number of benzene rings is 1. The van der Waals surface area contributed by atoms with Crippen molar-refractivity contribution in [3.05, 3.63) is 48.0 Å². The second-order valence-electron chi connectivity index (χ2n) is 10.3. The zero-order valence-electron chi connectivity index (χ0n) is 22.9. The molecule has 3 aromatic rings. The topological polar surface area (TPSA) is 130 Å². The van der Waals surface area contributed by atoms with E-state index in [4.69, 9.17) is 26.4 Å². The number of aromatic nitrogens is 4. The molecule has 0 radical (unpaired) electrons. The van der Waals surface area contributed by atoms with E-state index >= 15 is 0 Å². The molecule has 2 aromatic heterocycles. The molecule has 0 spiro atoms. The fourth-order valence-electron chi connectivity index (χ4n) is 5.45. The molecule has 2 unspecified atom stereocenters. The average molecular weight is 548 g/mol. The summed E-state index contributed by atoms with van der Waals surface area (Å²) in [6.45, 7) is 5.46. The van der Waals surface area contributed by atoms with Crippen LogP contribution >= 0.6 is 0 Å². The predicted octanol–water partition coefficient (Wildman–Crippen LogP) is 3.25. The lowest BCUT2D eigenvalue weighted by molar-refractivity contribution is -0.0364. The van der Waals surface area contributed by atoms with Gasteiger partial charge >= 0.3 is 6.16 Å². The molecule has 11 heteroatoms. The van der Waals surface area contributed by atoms with Gasteiger partial charge in [0, 0.05) is 37.7 Å². The maximum atomic E-state index is 12.7. The van der Waals surface area contributed by atoms with Crippen LogP contribution in [0.4, 0.5) is 10.6 Å². The third kappa shape index (κ3) is 6.70. The third-order valence-electron chi connectivity index (χ3n) is 7.57. The minimum absolute atomic E-state index is 0.226. The van der Waals surface area contributed by atoms with Gasteiger partial charge in [0.25, 0.3) is 0 Å². The van der Waals surface area contributed by atoms with E-state index in [9.17, 15) is 4.79 Å². The van der Waals surface area contributed by atoms with Crippen LogP contribution in [0.15, 0.2) is 36.9 Å². The first-order chi connectivity index (χ1) is 19.5. The van der Waals surface area contributed by atoms with Gasteiger partial charge in [0.15, 0.2) is 11.5 Å². The first-order valence-electron chi connectivity index (χ1n) is 14.0. The highest BCUT2D eigenvalue weighted by molar-refractivity contribution is 5.81. The summed E-state index contributed by atoms with van der Waals surface area (Å²) in [5.74, 6) is 2.97. The molecule has 2 fully saturated rings. The van der Waals surface area contributed by atoms with Gasteiger partial charge in [-0.25, -0.2) is 19.7 Å². The Labute approximate surface area is 234 Å². The summed E-state index contributed by atoms with van der Waals surface area (Å²) >= 11 is 0. The van der Waals surface area contributed by atoms with Crippen molar-refractivity contribution < 1.29 is 19.0 Å². The number of rotatable bonds is 10. The van der Waals surface area contributed by atoms with Gasteiger partial charge in [0.1, 0.15) is 30.8 Å². The van der Waals surface area contributed by atoms with E-state index < -0.39 is 12.3 Å². The Hall–Kier alpha value is -3.72. The number of hydrogen-bond donors (Lipinski definition) is 2. The van der Waals surface area contributed by atoms with Crippen LogP contribution in [0, 0.1) is 12.3 Å². The summed E-state index contributed by atoms with van der Waals surface area (Å²) in [5, 5.41) is 3.61. The Kier molecular flexibility index (Phi) is 9.11. The van der Waals surface area contributed by atoms with Crippen LogP contribution in [0.5, 0.6) is 0 Å². The number of imidazole rings is 1. The van der Waals surface area contributed by atoms with Crippen molar-refractivity contribution in [3.8, 4) is 12.3 Å². The maximum Gasteiger partial charge on any atom is 0.508 e. The SMILES string of the molecule is C#Cc1ccc(CN(CCOC(=O)OC2C[C@H](n3cnc4c(N)ncnc43)O[C@@H]2CC)CC2CCCCN2)cc1. The van der Waals surface area contributed by atoms with Crippen LogP contribution in [-0.2, 0) is 20.8 Å². The van der Waals surface area contributed by atoms with Gasteiger partial charge in [0.05, 0.1) is 12.4 Å². The molecule has 4 heterocycles. The minimum atomic E-state index is -0.691. The van der Waals surface area contributed by atoms with Crippen molar-refractivity contribution in [2.24, 2.45) is 0 Å². The van der Waals surface area contributed by atoms with E-state index in [2.05, 4.69) is 43.2 Å². The Morgan fingerprint density at radius 1 is 1.27 bits per heavy atom. The summed E-state index contributed by atoms with van der Waals surface area (Å²) in [4.78, 5) is 27.6. The smallest absolute Gasteiger partial charge is 0.433 e. The number of nitrogen functional groups attached to an aromatic ring is 1. The highest BCUT2D eigenvalue weighted by atomic mass is 16.7. The lowest BCUT2D eigenvalue weighted by Crippen LogP contribution is -2.44. The molecule has 2 saturated heterocycles. The molecule has 1 aromatic carbocycles. The number of piperidine rings is 1. The van der Waals surface area contributed by atoms with Crippen LogP contribution in [0.1, 0.15) is 56.4 Å². The van der Waals surface area contributed by atoms with E-state index in [1.807, 2.05) is 19.1 Å². The Bertz CT molecular complexity index is 1320. The average Bonchev–Trinajstić information content (AvgIpc) is 3.58. The zero-order valence-corrected chi connectivity index (χ0v) is 22.9. The molecule has 212 valence electrons. The monoisotopic (exact) mass is 547 g/mol. The Balaban J connectivity index is 1.15. The van der Waals surface area contributed by atoms with Crippen molar-refractivity contribution >= 4 is 23.1 Å². The molecule has 2 aliphatic rings. The second-order valence-corrected chi connectivity index (χ2v) is 10.3. The number of ether oxygens (including phenoxy) is 3.